The van der Waals surface area contributed by atoms with Crippen LogP contribution in [0.1, 0.15) is 22.0 Å². The van der Waals surface area contributed by atoms with Gasteiger partial charge in [0.05, 0.1) is 12.6 Å². The van der Waals surface area contributed by atoms with E-state index in [9.17, 15) is 9.59 Å². The number of amides is 2. The summed E-state index contributed by atoms with van der Waals surface area (Å²) in [4.78, 5) is 30.2. The van der Waals surface area contributed by atoms with E-state index in [0.29, 0.717) is 17.0 Å². The highest BCUT2D eigenvalue weighted by Crippen LogP contribution is 2.30. The molecule has 0 fully saturated rings. The Bertz CT molecular complexity index is 1550. The number of carbonyl (C=O) groups excluding carboxylic acids is 2. The number of benzene rings is 3. The molecule has 0 aliphatic carbocycles. The fourth-order valence-electron chi connectivity index (χ4n) is 4.30. The number of carbonyl (C=O) groups is 2. The number of nitrogens with zero attached hydrogens (tertiary/aromatic N) is 4. The van der Waals surface area contributed by atoms with Gasteiger partial charge in [-0.15, -0.1) is 16.4 Å². The van der Waals surface area contributed by atoms with E-state index in [-0.39, 0.29) is 24.9 Å². The van der Waals surface area contributed by atoms with Gasteiger partial charge in [0.1, 0.15) is 23.9 Å². The van der Waals surface area contributed by atoms with Gasteiger partial charge in [0.15, 0.2) is 0 Å². The maximum atomic E-state index is 14.0. The normalized spacial score (nSPS) is 11.7. The number of anilines is 1. The Balaban J connectivity index is 1.51. The van der Waals surface area contributed by atoms with Gasteiger partial charge in [-0.1, -0.05) is 47.7 Å². The summed E-state index contributed by atoms with van der Waals surface area (Å²) in [6.07, 6.45) is 0. The summed E-state index contributed by atoms with van der Waals surface area (Å²) in [5, 5.41) is 13.3. The summed E-state index contributed by atoms with van der Waals surface area (Å²) < 4.78 is 6.81. The monoisotopic (exact) mass is 525 g/mol. The van der Waals surface area contributed by atoms with Crippen LogP contribution in [0.15, 0.2) is 90.3 Å². The van der Waals surface area contributed by atoms with E-state index in [4.69, 9.17) is 4.74 Å². The molecule has 5 aromatic rings. The second kappa shape index (κ2) is 11.3. The first-order valence-corrected chi connectivity index (χ1v) is 13.0. The second-order valence-electron chi connectivity index (χ2n) is 8.82. The van der Waals surface area contributed by atoms with Gasteiger partial charge in [0.2, 0.25) is 5.91 Å². The van der Waals surface area contributed by atoms with Crippen LogP contribution in [0.25, 0.3) is 11.0 Å². The van der Waals surface area contributed by atoms with Crippen LogP contribution in [0.3, 0.4) is 0 Å². The Hall–Kier alpha value is -4.50. The van der Waals surface area contributed by atoms with Crippen molar-refractivity contribution in [3.8, 4) is 5.75 Å². The lowest BCUT2D eigenvalue weighted by Crippen LogP contribution is -2.42. The SMILES string of the molecule is COc1ccc(NC(=O)[C@H](c2cccs2)N(Cc2ccccc2C)C(=O)Cn2nnc3ccccc32)cc1. The van der Waals surface area contributed by atoms with Crippen molar-refractivity contribution in [1.82, 2.24) is 19.9 Å². The number of nitrogens with one attached hydrogen (secondary N) is 1. The van der Waals surface area contributed by atoms with Crippen molar-refractivity contribution in [3.05, 3.63) is 106 Å². The van der Waals surface area contributed by atoms with E-state index in [2.05, 4.69) is 15.6 Å². The van der Waals surface area contributed by atoms with Crippen molar-refractivity contribution in [2.45, 2.75) is 26.1 Å². The molecule has 9 heteroatoms. The van der Waals surface area contributed by atoms with E-state index in [1.807, 2.05) is 73.0 Å². The molecule has 2 amide bonds. The number of rotatable bonds is 9. The smallest absolute Gasteiger partial charge is 0.252 e. The van der Waals surface area contributed by atoms with Crippen LogP contribution >= 0.6 is 11.3 Å². The molecule has 0 aliphatic heterocycles. The third-order valence-corrected chi connectivity index (χ3v) is 7.28. The number of aromatic nitrogens is 3. The fraction of sp³-hybridized carbons (Fsp3) is 0.172. The number of thiophene rings is 1. The Labute approximate surface area is 224 Å². The molecule has 0 unspecified atom stereocenters. The first kappa shape index (κ1) is 25.2. The van der Waals surface area contributed by atoms with Gasteiger partial charge in [0, 0.05) is 17.1 Å². The Morgan fingerprint density at radius 1 is 1.00 bits per heavy atom. The quantitative estimate of drug-likeness (QED) is 0.285. The van der Waals surface area contributed by atoms with Gasteiger partial charge in [-0.2, -0.15) is 0 Å². The average Bonchev–Trinajstić information content (AvgIpc) is 3.61. The predicted octanol–water partition coefficient (Wildman–Crippen LogP) is 5.22. The first-order valence-electron chi connectivity index (χ1n) is 12.1. The van der Waals surface area contributed by atoms with Crippen molar-refractivity contribution in [1.29, 1.82) is 0 Å². The molecule has 192 valence electrons. The number of para-hydroxylation sites is 1. The molecule has 1 N–H and O–H groups in total. The Kier molecular flexibility index (Phi) is 7.46. The molecule has 2 heterocycles. The molecule has 0 spiro atoms. The number of methoxy groups -OCH3 is 1. The summed E-state index contributed by atoms with van der Waals surface area (Å²) in [6, 6.07) is 25.4. The maximum Gasteiger partial charge on any atom is 0.252 e. The largest absolute Gasteiger partial charge is 0.497 e. The molecule has 0 bridgehead atoms. The van der Waals surface area contributed by atoms with Crippen molar-refractivity contribution < 1.29 is 14.3 Å². The fourth-order valence-corrected chi connectivity index (χ4v) is 5.14. The number of aryl methyl sites for hydroxylation is 1. The maximum absolute atomic E-state index is 14.0. The average molecular weight is 526 g/mol. The highest BCUT2D eigenvalue weighted by Gasteiger charge is 2.33. The van der Waals surface area contributed by atoms with E-state index in [1.165, 1.54) is 11.3 Å². The lowest BCUT2D eigenvalue weighted by molar-refractivity contribution is -0.140. The molecule has 3 aromatic carbocycles. The third kappa shape index (κ3) is 5.42. The molecule has 0 radical (unpaired) electrons. The van der Waals surface area contributed by atoms with Crippen molar-refractivity contribution in [3.63, 3.8) is 0 Å². The first-order chi connectivity index (χ1) is 18.5. The zero-order valence-electron chi connectivity index (χ0n) is 21.1. The van der Waals surface area contributed by atoms with Crippen LogP contribution in [-0.4, -0.2) is 38.8 Å². The lowest BCUT2D eigenvalue weighted by atomic mass is 10.1. The molecule has 8 nitrogen and oxygen atoms in total. The van der Waals surface area contributed by atoms with Crippen molar-refractivity contribution in [2.24, 2.45) is 0 Å². The molecule has 0 saturated heterocycles. The van der Waals surface area contributed by atoms with Crippen LogP contribution in [-0.2, 0) is 22.7 Å². The van der Waals surface area contributed by atoms with E-state index >= 15 is 0 Å². The van der Waals surface area contributed by atoms with Gasteiger partial charge in [-0.3, -0.25) is 9.59 Å². The standard InChI is InChI=1S/C29H27N5O3S/c1-20-8-3-4-9-21(20)18-33(27(35)19-34-25-11-6-5-10-24(25)31-32-34)28(26-12-7-17-38-26)29(36)30-22-13-15-23(37-2)16-14-22/h3-17,28H,18-19H2,1-2H3,(H,30,36)/t28-/m0/s1. The minimum absolute atomic E-state index is 0.0515. The zero-order valence-corrected chi connectivity index (χ0v) is 21.9. The Morgan fingerprint density at radius 2 is 1.76 bits per heavy atom. The summed E-state index contributed by atoms with van der Waals surface area (Å²) >= 11 is 1.44. The summed E-state index contributed by atoms with van der Waals surface area (Å²) in [5.41, 5.74) is 4.08. The number of hydrogen-bond donors (Lipinski definition) is 1. The highest BCUT2D eigenvalue weighted by molar-refractivity contribution is 7.10. The van der Waals surface area contributed by atoms with Crippen molar-refractivity contribution in [2.75, 3.05) is 12.4 Å². The van der Waals surface area contributed by atoms with Gasteiger partial charge in [-0.05, 0) is 65.9 Å². The van der Waals surface area contributed by atoms with E-state index < -0.39 is 6.04 Å². The van der Waals surface area contributed by atoms with Crippen LogP contribution < -0.4 is 10.1 Å². The van der Waals surface area contributed by atoms with Gasteiger partial charge in [-0.25, -0.2) is 4.68 Å². The number of hydrogen-bond acceptors (Lipinski definition) is 6. The van der Waals surface area contributed by atoms with Crippen LogP contribution in [0.2, 0.25) is 0 Å². The minimum atomic E-state index is -0.848. The summed E-state index contributed by atoms with van der Waals surface area (Å²) in [5.74, 6) is 0.143. The number of fused-ring (bicyclic) bond motifs is 1. The number of ether oxygens (including phenoxy) is 1. The Morgan fingerprint density at radius 3 is 2.50 bits per heavy atom. The molecule has 38 heavy (non-hydrogen) atoms. The van der Waals surface area contributed by atoms with Crippen LogP contribution in [0.5, 0.6) is 5.75 Å². The topological polar surface area (TPSA) is 89.4 Å². The molecule has 0 saturated carbocycles. The van der Waals surface area contributed by atoms with Crippen LogP contribution in [0.4, 0.5) is 5.69 Å². The third-order valence-electron chi connectivity index (χ3n) is 6.36. The predicted molar refractivity (Wildman–Crippen MR) is 148 cm³/mol. The molecule has 5 rings (SSSR count). The summed E-state index contributed by atoms with van der Waals surface area (Å²) in [6.45, 7) is 2.21. The molecule has 2 aromatic heterocycles. The van der Waals surface area contributed by atoms with Gasteiger partial charge < -0.3 is 15.0 Å². The minimum Gasteiger partial charge on any atom is -0.497 e. The molecular weight excluding hydrogens is 498 g/mol. The highest BCUT2D eigenvalue weighted by atomic mass is 32.1. The molecule has 1 atom stereocenters. The molecular formula is C29H27N5O3S. The van der Waals surface area contributed by atoms with Gasteiger partial charge in [0.25, 0.3) is 5.91 Å². The van der Waals surface area contributed by atoms with E-state index in [1.54, 1.807) is 41.0 Å². The second-order valence-corrected chi connectivity index (χ2v) is 9.80. The summed E-state index contributed by atoms with van der Waals surface area (Å²) in [7, 11) is 1.59. The zero-order chi connectivity index (χ0) is 26.5. The van der Waals surface area contributed by atoms with Gasteiger partial charge >= 0.3 is 0 Å². The van der Waals surface area contributed by atoms with Crippen molar-refractivity contribution >= 4 is 39.9 Å². The molecule has 0 aliphatic rings. The van der Waals surface area contributed by atoms with E-state index in [0.717, 1.165) is 21.5 Å². The lowest BCUT2D eigenvalue weighted by Gasteiger charge is -2.31. The van der Waals surface area contributed by atoms with Crippen LogP contribution in [0, 0.1) is 6.92 Å².